The third kappa shape index (κ3) is 2.13. The summed E-state index contributed by atoms with van der Waals surface area (Å²) >= 11 is 1.36. The van der Waals surface area contributed by atoms with Crippen molar-refractivity contribution in [3.63, 3.8) is 0 Å². The molecule has 2 aliphatic rings. The summed E-state index contributed by atoms with van der Waals surface area (Å²) in [5.41, 5.74) is 1.34. The molecule has 1 aromatic heterocycles. The first-order valence-corrected chi connectivity index (χ1v) is 7.97. The standard InChI is InChI=1S/C16H16N2O3S/c1-7-8(2)22-15(11(7)6-17)18-14(19)12-9-3-4-10(5-9)13(12)16(20)21/h3-4,9-10,12-13H,5H2,1-2H3,(H,18,19)(H,20,21). The number of nitrogens with zero attached hydrogens (tertiary/aromatic N) is 1. The molecule has 2 N–H and O–H groups in total. The highest BCUT2D eigenvalue weighted by Gasteiger charge is 2.51. The second-order valence-electron chi connectivity index (χ2n) is 5.93. The first-order valence-electron chi connectivity index (χ1n) is 7.16. The number of rotatable bonds is 3. The molecule has 4 unspecified atom stereocenters. The van der Waals surface area contributed by atoms with Gasteiger partial charge in [0.15, 0.2) is 0 Å². The van der Waals surface area contributed by atoms with Crippen LogP contribution in [0.4, 0.5) is 5.00 Å². The fourth-order valence-electron chi connectivity index (χ4n) is 3.56. The number of anilines is 1. The van der Waals surface area contributed by atoms with Crippen LogP contribution in [0.15, 0.2) is 12.2 Å². The molecule has 1 heterocycles. The number of nitriles is 1. The van der Waals surface area contributed by atoms with Crippen LogP contribution in [0.1, 0.15) is 22.4 Å². The van der Waals surface area contributed by atoms with Crippen LogP contribution < -0.4 is 5.32 Å². The van der Waals surface area contributed by atoms with E-state index in [9.17, 15) is 20.0 Å². The lowest BCUT2D eigenvalue weighted by molar-refractivity contribution is -0.146. The molecule has 4 atom stereocenters. The molecule has 6 heteroatoms. The van der Waals surface area contributed by atoms with Gasteiger partial charge in [-0.05, 0) is 37.7 Å². The van der Waals surface area contributed by atoms with E-state index in [-0.39, 0.29) is 17.7 Å². The number of aliphatic carboxylic acids is 1. The van der Waals surface area contributed by atoms with Crippen molar-refractivity contribution in [2.24, 2.45) is 23.7 Å². The first-order chi connectivity index (χ1) is 10.4. The average Bonchev–Trinajstić information content (AvgIpc) is 3.13. The van der Waals surface area contributed by atoms with Crippen LogP contribution >= 0.6 is 11.3 Å². The van der Waals surface area contributed by atoms with Gasteiger partial charge in [0.05, 0.1) is 17.4 Å². The summed E-state index contributed by atoms with van der Waals surface area (Å²) in [6, 6.07) is 2.11. The second-order valence-corrected chi connectivity index (χ2v) is 7.15. The summed E-state index contributed by atoms with van der Waals surface area (Å²) in [5, 5.41) is 22.0. The van der Waals surface area contributed by atoms with Gasteiger partial charge < -0.3 is 10.4 Å². The van der Waals surface area contributed by atoms with Crippen LogP contribution in [0.2, 0.25) is 0 Å². The Hall–Kier alpha value is -2.13. The third-order valence-corrected chi connectivity index (χ3v) is 5.90. The number of allylic oxidation sites excluding steroid dienone is 2. The maximum atomic E-state index is 12.6. The SMILES string of the molecule is Cc1sc(NC(=O)C2C3C=CC(C3)C2C(=O)O)c(C#N)c1C. The van der Waals surface area contributed by atoms with E-state index in [1.165, 1.54) is 11.3 Å². The summed E-state index contributed by atoms with van der Waals surface area (Å²) in [6.45, 7) is 3.75. The van der Waals surface area contributed by atoms with Gasteiger partial charge in [-0.3, -0.25) is 9.59 Å². The zero-order valence-corrected chi connectivity index (χ0v) is 13.1. The largest absolute Gasteiger partial charge is 0.481 e. The Morgan fingerprint density at radius 3 is 2.55 bits per heavy atom. The summed E-state index contributed by atoms with van der Waals surface area (Å²) < 4.78 is 0. The van der Waals surface area contributed by atoms with E-state index in [4.69, 9.17) is 0 Å². The Morgan fingerprint density at radius 2 is 1.95 bits per heavy atom. The normalized spacial score (nSPS) is 28.6. The molecule has 0 saturated heterocycles. The van der Waals surface area contributed by atoms with Crippen LogP contribution in [0.5, 0.6) is 0 Å². The van der Waals surface area contributed by atoms with E-state index in [2.05, 4.69) is 11.4 Å². The number of carboxylic acids is 1. The van der Waals surface area contributed by atoms with Gasteiger partial charge in [0.2, 0.25) is 5.91 Å². The molecule has 0 spiro atoms. The summed E-state index contributed by atoms with van der Waals surface area (Å²) in [5.74, 6) is -2.50. The number of carbonyl (C=O) groups is 2. The monoisotopic (exact) mass is 316 g/mol. The number of hydrogen-bond donors (Lipinski definition) is 2. The van der Waals surface area contributed by atoms with E-state index in [0.717, 1.165) is 16.9 Å². The van der Waals surface area contributed by atoms with Crippen LogP contribution in [0.25, 0.3) is 0 Å². The fourth-order valence-corrected chi connectivity index (χ4v) is 4.57. The molecule has 1 aromatic rings. The van der Waals surface area contributed by atoms with Gasteiger partial charge in [-0.15, -0.1) is 11.3 Å². The highest BCUT2D eigenvalue weighted by atomic mass is 32.1. The van der Waals surface area contributed by atoms with Crippen molar-refractivity contribution in [1.82, 2.24) is 0 Å². The number of carboxylic acid groups (broad SMARTS) is 1. The van der Waals surface area contributed by atoms with Crippen molar-refractivity contribution >= 4 is 28.2 Å². The van der Waals surface area contributed by atoms with E-state index < -0.39 is 17.8 Å². The van der Waals surface area contributed by atoms with E-state index >= 15 is 0 Å². The van der Waals surface area contributed by atoms with Crippen LogP contribution in [-0.2, 0) is 9.59 Å². The zero-order chi connectivity index (χ0) is 16.0. The van der Waals surface area contributed by atoms with Gasteiger partial charge in [0.25, 0.3) is 0 Å². The van der Waals surface area contributed by atoms with Crippen LogP contribution in [0, 0.1) is 48.9 Å². The van der Waals surface area contributed by atoms with Gasteiger partial charge in [0.1, 0.15) is 11.1 Å². The second kappa shape index (κ2) is 5.25. The van der Waals surface area contributed by atoms with Crippen molar-refractivity contribution in [2.45, 2.75) is 20.3 Å². The van der Waals surface area contributed by atoms with Crippen molar-refractivity contribution < 1.29 is 14.7 Å². The minimum Gasteiger partial charge on any atom is -0.481 e. The molecule has 0 radical (unpaired) electrons. The Labute approximate surface area is 132 Å². The number of amides is 1. The Bertz CT molecular complexity index is 728. The van der Waals surface area contributed by atoms with Gasteiger partial charge >= 0.3 is 5.97 Å². The molecule has 1 saturated carbocycles. The molecule has 22 heavy (non-hydrogen) atoms. The lowest BCUT2D eigenvalue weighted by atomic mass is 9.82. The zero-order valence-electron chi connectivity index (χ0n) is 12.3. The number of thiophene rings is 1. The number of carbonyl (C=O) groups excluding carboxylic acids is 1. The predicted molar refractivity (Wildman–Crippen MR) is 82.5 cm³/mol. The smallest absolute Gasteiger partial charge is 0.307 e. The summed E-state index contributed by atoms with van der Waals surface area (Å²) in [6.07, 6.45) is 4.58. The fraction of sp³-hybridized carbons (Fsp3) is 0.438. The molecular formula is C16H16N2O3S. The van der Waals surface area contributed by atoms with Gasteiger partial charge in [-0.25, -0.2) is 0 Å². The molecular weight excluding hydrogens is 300 g/mol. The van der Waals surface area contributed by atoms with E-state index in [0.29, 0.717) is 10.6 Å². The predicted octanol–water partition coefficient (Wildman–Crippen LogP) is 2.70. The van der Waals surface area contributed by atoms with Crippen molar-refractivity contribution in [1.29, 1.82) is 5.26 Å². The Balaban J connectivity index is 1.86. The van der Waals surface area contributed by atoms with Gasteiger partial charge in [0, 0.05) is 4.88 Å². The lowest BCUT2D eigenvalue weighted by Gasteiger charge is -2.23. The maximum Gasteiger partial charge on any atom is 0.307 e. The molecule has 1 amide bonds. The molecule has 0 aromatic carbocycles. The highest BCUT2D eigenvalue weighted by molar-refractivity contribution is 7.16. The average molecular weight is 316 g/mol. The quantitative estimate of drug-likeness (QED) is 0.839. The molecule has 1 fully saturated rings. The van der Waals surface area contributed by atoms with Crippen molar-refractivity contribution in [3.05, 3.63) is 28.2 Å². The van der Waals surface area contributed by atoms with Crippen molar-refractivity contribution in [2.75, 3.05) is 5.32 Å². The minimum atomic E-state index is -0.920. The van der Waals surface area contributed by atoms with Crippen molar-refractivity contribution in [3.8, 4) is 6.07 Å². The lowest BCUT2D eigenvalue weighted by Crippen LogP contribution is -2.36. The molecule has 2 bridgehead atoms. The van der Waals surface area contributed by atoms with Crippen LogP contribution in [-0.4, -0.2) is 17.0 Å². The number of fused-ring (bicyclic) bond motifs is 2. The molecule has 3 rings (SSSR count). The minimum absolute atomic E-state index is 0.0150. The topological polar surface area (TPSA) is 90.2 Å². The van der Waals surface area contributed by atoms with E-state index in [1.807, 2.05) is 26.0 Å². The van der Waals surface area contributed by atoms with Gasteiger partial charge in [-0.1, -0.05) is 12.2 Å². The molecule has 114 valence electrons. The molecule has 2 aliphatic carbocycles. The number of aryl methyl sites for hydroxylation is 1. The molecule has 0 aliphatic heterocycles. The third-order valence-electron chi connectivity index (χ3n) is 4.78. The van der Waals surface area contributed by atoms with Gasteiger partial charge in [-0.2, -0.15) is 5.26 Å². The summed E-state index contributed by atoms with van der Waals surface area (Å²) in [4.78, 5) is 25.1. The van der Waals surface area contributed by atoms with E-state index in [1.54, 1.807) is 0 Å². The first kappa shape index (κ1) is 14.8. The molecule has 5 nitrogen and oxygen atoms in total. The number of hydrogen-bond acceptors (Lipinski definition) is 4. The van der Waals surface area contributed by atoms with Crippen LogP contribution in [0.3, 0.4) is 0 Å². The Kier molecular flexibility index (Phi) is 3.53. The highest BCUT2D eigenvalue weighted by Crippen LogP contribution is 2.48. The summed E-state index contributed by atoms with van der Waals surface area (Å²) in [7, 11) is 0. The number of nitrogens with one attached hydrogen (secondary N) is 1. The maximum absolute atomic E-state index is 12.6. The Morgan fingerprint density at radius 1 is 1.32 bits per heavy atom.